The van der Waals surface area contributed by atoms with Gasteiger partial charge in [0.1, 0.15) is 5.82 Å². The summed E-state index contributed by atoms with van der Waals surface area (Å²) in [7, 11) is 0. The molecule has 0 saturated carbocycles. The molecule has 32 heavy (non-hydrogen) atoms. The Labute approximate surface area is 188 Å². The lowest BCUT2D eigenvalue weighted by Gasteiger charge is -2.32. The van der Waals surface area contributed by atoms with E-state index in [2.05, 4.69) is 5.32 Å². The van der Waals surface area contributed by atoms with E-state index >= 15 is 0 Å². The first-order valence-electron chi connectivity index (χ1n) is 11.2. The molecule has 0 bridgehead atoms. The number of carbonyl (C=O) groups is 2. The van der Waals surface area contributed by atoms with Crippen LogP contribution in [-0.4, -0.2) is 43.0 Å². The molecule has 2 aromatic carbocycles. The van der Waals surface area contributed by atoms with Crippen molar-refractivity contribution < 1.29 is 23.5 Å². The predicted molar refractivity (Wildman–Crippen MR) is 120 cm³/mol. The number of rotatable bonds is 8. The fraction of sp³-hybridized carbons (Fsp3) is 0.440. The third-order valence-electron chi connectivity index (χ3n) is 5.67. The Morgan fingerprint density at radius 2 is 1.66 bits per heavy atom. The van der Waals surface area contributed by atoms with Crippen LogP contribution in [0.3, 0.4) is 0 Å². The molecule has 1 atom stereocenters. The number of nitrogens with zero attached hydrogens (tertiary/aromatic N) is 1. The third-order valence-corrected chi connectivity index (χ3v) is 5.67. The first kappa shape index (κ1) is 23.6. The van der Waals surface area contributed by atoms with Crippen LogP contribution in [-0.2, 0) is 4.79 Å². The second-order valence-corrected chi connectivity index (χ2v) is 7.88. The highest BCUT2D eigenvalue weighted by Gasteiger charge is 2.28. The Balaban J connectivity index is 1.55. The second kappa shape index (κ2) is 11.0. The molecule has 3 rings (SSSR count). The molecule has 2 aromatic rings. The molecule has 0 aromatic heterocycles. The molecule has 2 amide bonds. The van der Waals surface area contributed by atoms with Gasteiger partial charge in [0.2, 0.25) is 5.91 Å². The van der Waals surface area contributed by atoms with E-state index in [1.54, 1.807) is 4.90 Å². The number of likely N-dealkylation sites (tertiary alicyclic amines) is 1. The van der Waals surface area contributed by atoms with Crippen molar-refractivity contribution in [1.29, 1.82) is 0 Å². The maximum Gasteiger partial charge on any atom is 0.253 e. The Hall–Kier alpha value is -3.09. The molecule has 1 saturated heterocycles. The van der Waals surface area contributed by atoms with E-state index in [0.717, 1.165) is 5.56 Å². The third kappa shape index (κ3) is 5.78. The van der Waals surface area contributed by atoms with Gasteiger partial charge >= 0.3 is 0 Å². The maximum absolute atomic E-state index is 13.1. The summed E-state index contributed by atoms with van der Waals surface area (Å²) in [5.41, 5.74) is 1.40. The molecule has 1 heterocycles. The molecule has 1 fully saturated rings. The number of piperidine rings is 1. The molecule has 7 heteroatoms. The van der Waals surface area contributed by atoms with E-state index < -0.39 is 0 Å². The minimum atomic E-state index is -0.369. The number of benzene rings is 2. The van der Waals surface area contributed by atoms with Crippen LogP contribution < -0.4 is 14.8 Å². The Bertz CT molecular complexity index is 924. The normalized spacial score (nSPS) is 15.2. The molecule has 6 nitrogen and oxygen atoms in total. The molecule has 1 aliphatic heterocycles. The van der Waals surface area contributed by atoms with Gasteiger partial charge in [0.05, 0.1) is 19.3 Å². The van der Waals surface area contributed by atoms with Crippen molar-refractivity contribution in [2.75, 3.05) is 26.3 Å². The van der Waals surface area contributed by atoms with Gasteiger partial charge in [0.25, 0.3) is 5.91 Å². The van der Waals surface area contributed by atoms with Gasteiger partial charge in [0, 0.05) is 24.6 Å². The highest BCUT2D eigenvalue weighted by atomic mass is 19.1. The average molecular weight is 443 g/mol. The van der Waals surface area contributed by atoms with Crippen LogP contribution >= 0.6 is 0 Å². The molecule has 1 aliphatic rings. The lowest BCUT2D eigenvalue weighted by atomic mass is 9.94. The van der Waals surface area contributed by atoms with Crippen molar-refractivity contribution in [2.24, 2.45) is 5.92 Å². The van der Waals surface area contributed by atoms with Gasteiger partial charge < -0.3 is 19.7 Å². The van der Waals surface area contributed by atoms with E-state index in [1.807, 2.05) is 39.0 Å². The zero-order valence-corrected chi connectivity index (χ0v) is 18.9. The van der Waals surface area contributed by atoms with Crippen LogP contribution in [0.15, 0.2) is 42.5 Å². The van der Waals surface area contributed by atoms with Crippen LogP contribution in [0.5, 0.6) is 11.5 Å². The largest absolute Gasteiger partial charge is 0.490 e. The van der Waals surface area contributed by atoms with Crippen molar-refractivity contribution in [3.8, 4) is 11.5 Å². The molecular weight excluding hydrogens is 411 g/mol. The number of amides is 2. The lowest BCUT2D eigenvalue weighted by Crippen LogP contribution is -2.43. The molecule has 172 valence electrons. The average Bonchev–Trinajstić information content (AvgIpc) is 2.80. The summed E-state index contributed by atoms with van der Waals surface area (Å²) in [6.07, 6.45) is 1.19. The van der Waals surface area contributed by atoms with Gasteiger partial charge in [-0.15, -0.1) is 0 Å². The fourth-order valence-corrected chi connectivity index (χ4v) is 3.87. The van der Waals surface area contributed by atoms with Crippen molar-refractivity contribution >= 4 is 11.8 Å². The zero-order valence-electron chi connectivity index (χ0n) is 18.9. The van der Waals surface area contributed by atoms with Crippen molar-refractivity contribution in [3.63, 3.8) is 0 Å². The monoisotopic (exact) mass is 442 g/mol. The van der Waals surface area contributed by atoms with Crippen LogP contribution in [0, 0.1) is 11.7 Å². The fourth-order valence-electron chi connectivity index (χ4n) is 3.87. The number of nitrogens with one attached hydrogen (secondary N) is 1. The highest BCUT2D eigenvalue weighted by molar-refractivity contribution is 5.94. The van der Waals surface area contributed by atoms with Gasteiger partial charge in [-0.1, -0.05) is 6.07 Å². The number of ether oxygens (including phenoxy) is 2. The Morgan fingerprint density at radius 3 is 2.28 bits per heavy atom. The summed E-state index contributed by atoms with van der Waals surface area (Å²) >= 11 is 0. The van der Waals surface area contributed by atoms with E-state index in [4.69, 9.17) is 9.47 Å². The first-order chi connectivity index (χ1) is 15.4. The van der Waals surface area contributed by atoms with Gasteiger partial charge in [-0.2, -0.15) is 0 Å². The van der Waals surface area contributed by atoms with Crippen LogP contribution in [0.1, 0.15) is 55.6 Å². The minimum absolute atomic E-state index is 0.0155. The number of halogens is 1. The zero-order chi connectivity index (χ0) is 23.1. The molecule has 0 radical (unpaired) electrons. The molecule has 0 aliphatic carbocycles. The molecule has 0 spiro atoms. The highest BCUT2D eigenvalue weighted by Crippen LogP contribution is 2.31. The molecule has 1 N–H and O–H groups in total. The van der Waals surface area contributed by atoms with Gasteiger partial charge in [-0.25, -0.2) is 4.39 Å². The topological polar surface area (TPSA) is 67.9 Å². The van der Waals surface area contributed by atoms with E-state index in [0.29, 0.717) is 56.2 Å². The summed E-state index contributed by atoms with van der Waals surface area (Å²) in [6, 6.07) is 11.1. The minimum Gasteiger partial charge on any atom is -0.490 e. The van der Waals surface area contributed by atoms with Crippen molar-refractivity contribution in [1.82, 2.24) is 10.2 Å². The molecular formula is C25H31FN2O4. The summed E-state index contributed by atoms with van der Waals surface area (Å²) in [4.78, 5) is 27.1. The summed E-state index contributed by atoms with van der Waals surface area (Å²) in [6.45, 7) is 7.86. The predicted octanol–water partition coefficient (Wildman–Crippen LogP) is 4.35. The summed E-state index contributed by atoms with van der Waals surface area (Å²) < 4.78 is 24.4. The van der Waals surface area contributed by atoms with Crippen LogP contribution in [0.25, 0.3) is 0 Å². The first-order valence-corrected chi connectivity index (χ1v) is 11.2. The van der Waals surface area contributed by atoms with Gasteiger partial charge in [-0.3, -0.25) is 9.59 Å². The van der Waals surface area contributed by atoms with Crippen molar-refractivity contribution in [3.05, 3.63) is 59.4 Å². The second-order valence-electron chi connectivity index (χ2n) is 7.88. The lowest BCUT2D eigenvalue weighted by molar-refractivity contribution is -0.127. The smallest absolute Gasteiger partial charge is 0.253 e. The summed E-state index contributed by atoms with van der Waals surface area (Å²) in [5, 5.41) is 3.09. The maximum atomic E-state index is 13.1. The van der Waals surface area contributed by atoms with Crippen molar-refractivity contribution in [2.45, 2.75) is 39.7 Å². The van der Waals surface area contributed by atoms with E-state index in [1.165, 1.54) is 24.3 Å². The van der Waals surface area contributed by atoms with Gasteiger partial charge in [0.15, 0.2) is 11.5 Å². The standard InChI is InChI=1S/C25H31FN2O4/c1-4-31-22-11-8-20(16-23(22)32-5-2)17(3)27-24(29)18-12-14-28(15-13-18)25(30)19-6-9-21(26)10-7-19/h6-11,16-18H,4-5,12-15H2,1-3H3,(H,27,29). The number of hydrogen-bond acceptors (Lipinski definition) is 4. The summed E-state index contributed by atoms with van der Waals surface area (Å²) in [5.74, 6) is 0.694. The van der Waals surface area contributed by atoms with E-state index in [-0.39, 0.29) is 29.6 Å². The van der Waals surface area contributed by atoms with E-state index in [9.17, 15) is 14.0 Å². The van der Waals surface area contributed by atoms with Crippen LogP contribution in [0.4, 0.5) is 4.39 Å². The Kier molecular flexibility index (Phi) is 8.09. The van der Waals surface area contributed by atoms with Crippen LogP contribution in [0.2, 0.25) is 0 Å². The number of carbonyl (C=O) groups excluding carboxylic acids is 2. The quantitative estimate of drug-likeness (QED) is 0.660. The number of hydrogen-bond donors (Lipinski definition) is 1. The van der Waals surface area contributed by atoms with Gasteiger partial charge in [-0.05, 0) is 75.6 Å². The Morgan fingerprint density at radius 1 is 1.03 bits per heavy atom. The molecule has 1 unspecified atom stereocenters. The SMILES string of the molecule is CCOc1ccc(C(C)NC(=O)C2CCN(C(=O)c3ccc(F)cc3)CC2)cc1OCC.